The van der Waals surface area contributed by atoms with Crippen LogP contribution < -0.4 is 5.73 Å². The molecule has 10 nitrogen and oxygen atoms in total. The number of aromatic nitrogens is 3. The number of aliphatic hydroxyl groups is 2. The largest absolute Gasteiger partial charge is 0.390 e. The molecule has 0 spiro atoms. The van der Waals surface area contributed by atoms with Gasteiger partial charge in [0.2, 0.25) is 0 Å². The van der Waals surface area contributed by atoms with Crippen LogP contribution in [-0.4, -0.2) is 52.8 Å². The lowest BCUT2D eigenvalue weighted by Gasteiger charge is -2.37. The summed E-state index contributed by atoms with van der Waals surface area (Å²) in [5, 5.41) is 19.7. The van der Waals surface area contributed by atoms with Crippen LogP contribution in [0.2, 0.25) is 0 Å². The Morgan fingerprint density at radius 1 is 1.37 bits per heavy atom. The SMILES string of the molecule is CCC(C)(CC1OC(n2ccc3c(N)ncnc32)CC1O)OP(=O)(O)C(C)(O)CC. The van der Waals surface area contributed by atoms with Crippen LogP contribution in [0.15, 0.2) is 18.6 Å². The number of hydrogen-bond acceptors (Lipinski definition) is 8. The molecule has 1 aliphatic heterocycles. The number of hydrogen-bond donors (Lipinski definition) is 4. The predicted molar refractivity (Wildman–Crippen MR) is 112 cm³/mol. The summed E-state index contributed by atoms with van der Waals surface area (Å²) in [5.74, 6) is 0.363. The van der Waals surface area contributed by atoms with Crippen LogP contribution in [0.4, 0.5) is 5.82 Å². The Morgan fingerprint density at radius 2 is 2.07 bits per heavy atom. The van der Waals surface area contributed by atoms with Crippen molar-refractivity contribution in [1.82, 2.24) is 14.5 Å². The first kappa shape index (κ1) is 23.1. The van der Waals surface area contributed by atoms with E-state index in [-0.39, 0.29) is 12.8 Å². The first-order valence-corrected chi connectivity index (χ1v) is 11.7. The van der Waals surface area contributed by atoms with Crippen LogP contribution in [0.25, 0.3) is 11.0 Å². The molecule has 5 N–H and O–H groups in total. The Kier molecular flexibility index (Phi) is 6.30. The number of anilines is 1. The smallest absolute Gasteiger partial charge is 0.359 e. The topological polar surface area (TPSA) is 153 Å². The Balaban J connectivity index is 1.78. The predicted octanol–water partition coefficient (Wildman–Crippen LogP) is 2.54. The minimum Gasteiger partial charge on any atom is -0.390 e. The normalized spacial score (nSPS) is 28.2. The molecule has 1 saturated heterocycles. The fraction of sp³-hybridized carbons (Fsp3) is 0.684. The fourth-order valence-corrected chi connectivity index (χ4v) is 4.96. The quantitative estimate of drug-likeness (QED) is 0.452. The lowest BCUT2D eigenvalue weighted by Crippen LogP contribution is -2.38. The molecule has 11 heteroatoms. The maximum absolute atomic E-state index is 12.7. The van der Waals surface area contributed by atoms with Gasteiger partial charge in [-0.15, -0.1) is 0 Å². The molecule has 0 amide bonds. The molecule has 1 fully saturated rings. The zero-order valence-corrected chi connectivity index (χ0v) is 18.6. The van der Waals surface area contributed by atoms with Gasteiger partial charge in [-0.05, 0) is 32.8 Å². The summed E-state index contributed by atoms with van der Waals surface area (Å²) in [6.07, 6.45) is 2.22. The third-order valence-electron chi connectivity index (χ3n) is 6.06. The molecule has 0 radical (unpaired) electrons. The molecule has 3 heterocycles. The summed E-state index contributed by atoms with van der Waals surface area (Å²) >= 11 is 0. The average molecular weight is 442 g/mol. The van der Waals surface area contributed by atoms with Gasteiger partial charge < -0.3 is 34.7 Å². The molecule has 3 rings (SSSR count). The zero-order valence-electron chi connectivity index (χ0n) is 17.7. The third kappa shape index (κ3) is 4.26. The highest BCUT2D eigenvalue weighted by atomic mass is 31.2. The molecule has 0 aromatic carbocycles. The van der Waals surface area contributed by atoms with Crippen molar-refractivity contribution in [2.75, 3.05) is 5.73 Å². The van der Waals surface area contributed by atoms with Crippen molar-refractivity contribution in [2.45, 2.75) is 82.8 Å². The van der Waals surface area contributed by atoms with E-state index in [1.807, 2.05) is 6.92 Å². The number of aliphatic hydroxyl groups excluding tert-OH is 1. The van der Waals surface area contributed by atoms with Crippen LogP contribution in [0.1, 0.15) is 59.6 Å². The molecular formula is C19H31N4O6P. The molecule has 168 valence electrons. The molecule has 2 aromatic rings. The van der Waals surface area contributed by atoms with Crippen molar-refractivity contribution in [3.05, 3.63) is 18.6 Å². The van der Waals surface area contributed by atoms with Gasteiger partial charge in [0.05, 0.1) is 23.2 Å². The van der Waals surface area contributed by atoms with Gasteiger partial charge in [0.15, 0.2) is 5.34 Å². The maximum atomic E-state index is 12.7. The number of nitrogens with two attached hydrogens (primary N) is 1. The summed E-state index contributed by atoms with van der Waals surface area (Å²) in [6, 6.07) is 1.79. The number of rotatable bonds is 8. The molecular weight excluding hydrogens is 411 g/mol. The molecule has 0 aliphatic carbocycles. The van der Waals surface area contributed by atoms with Crippen molar-refractivity contribution < 1.29 is 28.9 Å². The highest BCUT2D eigenvalue weighted by molar-refractivity contribution is 7.54. The van der Waals surface area contributed by atoms with Crippen molar-refractivity contribution in [2.24, 2.45) is 0 Å². The van der Waals surface area contributed by atoms with Gasteiger partial charge in [-0.2, -0.15) is 0 Å². The third-order valence-corrected chi connectivity index (χ3v) is 8.28. The van der Waals surface area contributed by atoms with Gasteiger partial charge in [-0.25, -0.2) is 9.97 Å². The Bertz CT molecular complexity index is 950. The lowest BCUT2D eigenvalue weighted by atomic mass is 9.93. The molecule has 6 unspecified atom stereocenters. The number of fused-ring (bicyclic) bond motifs is 1. The fourth-order valence-electron chi connectivity index (χ4n) is 3.56. The summed E-state index contributed by atoms with van der Waals surface area (Å²) < 4.78 is 26.1. The molecule has 6 atom stereocenters. The second-order valence-electron chi connectivity index (χ2n) is 8.34. The maximum Gasteiger partial charge on any atom is 0.359 e. The van der Waals surface area contributed by atoms with Gasteiger partial charge in [-0.3, -0.25) is 4.57 Å². The first-order valence-electron chi connectivity index (χ1n) is 10.1. The average Bonchev–Trinajstić information content (AvgIpc) is 3.25. The highest BCUT2D eigenvalue weighted by Crippen LogP contribution is 2.59. The Morgan fingerprint density at radius 3 is 2.70 bits per heavy atom. The van der Waals surface area contributed by atoms with E-state index >= 15 is 0 Å². The molecule has 0 bridgehead atoms. The van der Waals surface area contributed by atoms with Crippen LogP contribution in [0, 0.1) is 0 Å². The monoisotopic (exact) mass is 442 g/mol. The Labute approximate surface area is 175 Å². The van der Waals surface area contributed by atoms with Crippen molar-refractivity contribution in [3.63, 3.8) is 0 Å². The van der Waals surface area contributed by atoms with E-state index in [2.05, 4.69) is 9.97 Å². The van der Waals surface area contributed by atoms with E-state index in [0.29, 0.717) is 29.7 Å². The lowest BCUT2D eigenvalue weighted by molar-refractivity contribution is -0.0658. The van der Waals surface area contributed by atoms with E-state index < -0.39 is 37.0 Å². The van der Waals surface area contributed by atoms with E-state index in [4.69, 9.17) is 15.0 Å². The van der Waals surface area contributed by atoms with Gasteiger partial charge >= 0.3 is 7.60 Å². The molecule has 0 saturated carbocycles. The highest BCUT2D eigenvalue weighted by Gasteiger charge is 2.48. The van der Waals surface area contributed by atoms with Crippen molar-refractivity contribution in [3.8, 4) is 0 Å². The second-order valence-corrected chi connectivity index (χ2v) is 10.5. The number of nitrogen functional groups attached to an aromatic ring is 1. The summed E-state index contributed by atoms with van der Waals surface area (Å²) in [5.41, 5.74) is 5.42. The number of ether oxygens (including phenoxy) is 1. The van der Waals surface area contributed by atoms with E-state index in [1.165, 1.54) is 13.3 Å². The van der Waals surface area contributed by atoms with E-state index in [0.717, 1.165) is 0 Å². The second kappa shape index (κ2) is 8.18. The Hall–Kier alpha value is -1.55. The molecule has 30 heavy (non-hydrogen) atoms. The first-order chi connectivity index (χ1) is 13.9. The number of nitrogens with zero attached hydrogens (tertiary/aromatic N) is 3. The molecule has 2 aromatic heterocycles. The van der Waals surface area contributed by atoms with Gasteiger partial charge in [0, 0.05) is 19.0 Å². The van der Waals surface area contributed by atoms with E-state index in [1.54, 1.807) is 30.7 Å². The van der Waals surface area contributed by atoms with Crippen LogP contribution in [-0.2, 0) is 13.8 Å². The van der Waals surface area contributed by atoms with Gasteiger partial charge in [0.1, 0.15) is 24.0 Å². The van der Waals surface area contributed by atoms with Gasteiger partial charge in [-0.1, -0.05) is 13.8 Å². The summed E-state index contributed by atoms with van der Waals surface area (Å²) in [7, 11) is -4.33. The minimum atomic E-state index is -4.33. The van der Waals surface area contributed by atoms with E-state index in [9.17, 15) is 19.7 Å². The van der Waals surface area contributed by atoms with Crippen molar-refractivity contribution >= 4 is 24.4 Å². The molecule has 1 aliphatic rings. The summed E-state index contributed by atoms with van der Waals surface area (Å²) in [4.78, 5) is 18.6. The summed E-state index contributed by atoms with van der Waals surface area (Å²) in [6.45, 7) is 6.40. The van der Waals surface area contributed by atoms with Crippen molar-refractivity contribution in [1.29, 1.82) is 0 Å². The van der Waals surface area contributed by atoms with Gasteiger partial charge in [0.25, 0.3) is 0 Å². The minimum absolute atomic E-state index is 0.0664. The van der Waals surface area contributed by atoms with Crippen LogP contribution in [0.5, 0.6) is 0 Å². The zero-order chi connectivity index (χ0) is 22.3. The van der Waals surface area contributed by atoms with Crippen LogP contribution in [0.3, 0.4) is 0 Å². The van der Waals surface area contributed by atoms with Crippen LogP contribution >= 0.6 is 7.60 Å². The standard InChI is InChI=1S/C19H31N4O6P/c1-5-18(3,29-30(26,27)19(4,25)6-2)10-14-13(24)9-15(28-14)23-8-7-12-16(20)21-11-22-17(12)23/h7-8,11,13-15,24-25H,5-6,9-10H2,1-4H3,(H,26,27)(H2,20,21,22).